The molecule has 0 bridgehead atoms. The second-order valence-electron chi connectivity index (χ2n) is 14.4. The molecule has 0 rings (SSSR count). The highest BCUT2D eigenvalue weighted by atomic mass is 16.2. The molecule has 0 atom stereocenters. The molecule has 0 unspecified atom stereocenters. The van der Waals surface area contributed by atoms with Gasteiger partial charge >= 0.3 is 0 Å². The van der Waals surface area contributed by atoms with Gasteiger partial charge in [0.15, 0.2) is 0 Å². The monoisotopic (exact) mass is 703 g/mol. The van der Waals surface area contributed by atoms with Gasteiger partial charge in [-0.15, -0.1) is 0 Å². The summed E-state index contributed by atoms with van der Waals surface area (Å²) in [5.74, 6) is -0.742. The van der Waals surface area contributed by atoms with E-state index in [0.717, 1.165) is 38.5 Å². The van der Waals surface area contributed by atoms with Crippen LogP contribution >= 0.6 is 0 Å². The smallest absolute Gasteiger partial charge is 0.242 e. The van der Waals surface area contributed by atoms with Crippen molar-refractivity contribution in [3.05, 3.63) is 0 Å². The van der Waals surface area contributed by atoms with Crippen molar-refractivity contribution in [3.8, 4) is 0 Å². The van der Waals surface area contributed by atoms with Crippen LogP contribution in [-0.4, -0.2) is 48.1 Å². The van der Waals surface area contributed by atoms with E-state index in [2.05, 4.69) is 34.5 Å². The molecule has 290 valence electrons. The van der Waals surface area contributed by atoms with Crippen LogP contribution in [0.25, 0.3) is 0 Å². The van der Waals surface area contributed by atoms with E-state index in [1.807, 2.05) is 0 Å². The zero-order valence-electron chi connectivity index (χ0n) is 33.2. The van der Waals surface area contributed by atoms with Crippen molar-refractivity contribution in [2.45, 2.75) is 220 Å². The number of unbranched alkanes of at least 4 members (excludes halogenated alkanes) is 24. The Balaban J connectivity index is 4.19. The zero-order chi connectivity index (χ0) is 36.9. The highest BCUT2D eigenvalue weighted by molar-refractivity contribution is 6.02. The fourth-order valence-corrected chi connectivity index (χ4v) is 6.29. The normalized spacial score (nSPS) is 11.9. The largest absolute Gasteiger partial charge is 0.351 e. The number of nitrogens with zero attached hydrogens (tertiary/aromatic N) is 2. The number of carbonyl (C=O) groups excluding carboxylic acids is 4. The molecule has 0 saturated carbocycles. The van der Waals surface area contributed by atoms with Crippen LogP contribution in [0.1, 0.15) is 220 Å². The average Bonchev–Trinajstić information content (AvgIpc) is 3.08. The van der Waals surface area contributed by atoms with Crippen molar-refractivity contribution in [2.24, 2.45) is 9.98 Å². The first kappa shape index (κ1) is 47.6. The van der Waals surface area contributed by atoms with Crippen molar-refractivity contribution >= 4 is 35.1 Å². The van der Waals surface area contributed by atoms with Gasteiger partial charge in [0.2, 0.25) is 23.6 Å². The van der Waals surface area contributed by atoms with Gasteiger partial charge < -0.3 is 10.6 Å². The molecule has 8 nitrogen and oxygen atoms in total. The third-order valence-electron chi connectivity index (χ3n) is 9.33. The van der Waals surface area contributed by atoms with Gasteiger partial charge in [0.25, 0.3) is 0 Å². The lowest BCUT2D eigenvalue weighted by atomic mass is 10.0. The van der Waals surface area contributed by atoms with Gasteiger partial charge in [-0.3, -0.25) is 19.2 Å². The van der Waals surface area contributed by atoms with Gasteiger partial charge in [-0.1, -0.05) is 168 Å². The molecule has 8 heteroatoms. The topological polar surface area (TPSA) is 117 Å². The summed E-state index contributed by atoms with van der Waals surface area (Å²) < 4.78 is 0. The van der Waals surface area contributed by atoms with Crippen LogP contribution in [0.15, 0.2) is 9.98 Å². The fraction of sp³-hybridized carbons (Fsp3) is 0.857. The van der Waals surface area contributed by atoms with E-state index in [1.54, 1.807) is 0 Å². The summed E-state index contributed by atoms with van der Waals surface area (Å²) in [6, 6.07) is 0. The molecule has 0 radical (unpaired) electrons. The van der Waals surface area contributed by atoms with E-state index in [-0.39, 0.29) is 36.7 Å². The third-order valence-corrected chi connectivity index (χ3v) is 9.33. The van der Waals surface area contributed by atoms with E-state index in [9.17, 15) is 19.2 Å². The average molecular weight is 703 g/mol. The Labute approximate surface area is 307 Å². The Hall–Kier alpha value is -2.38. The van der Waals surface area contributed by atoms with E-state index >= 15 is 0 Å². The quantitative estimate of drug-likeness (QED) is 0.0505. The van der Waals surface area contributed by atoms with Crippen molar-refractivity contribution in [3.63, 3.8) is 0 Å². The van der Waals surface area contributed by atoms with Crippen molar-refractivity contribution in [1.82, 2.24) is 10.6 Å². The fourth-order valence-electron chi connectivity index (χ4n) is 6.29. The highest BCUT2D eigenvalue weighted by Gasteiger charge is 2.11. The number of rotatable bonds is 35. The van der Waals surface area contributed by atoms with Gasteiger partial charge in [0, 0.05) is 38.1 Å². The number of nitrogens with one attached hydrogen (secondary N) is 2. The standard InChI is InChI=1S/C42H78N4O4/c1-5-7-9-11-13-15-17-19-21-23-25-27-29-31-41(49)43-35-39(45-37(3)47)33-34-40(46-38(4)48)36-44-42(50)32-30-28-26-24-22-20-18-16-14-12-10-8-6-2/h5-36H2,1-4H3,(H,43,49)(H,44,50). The number of aliphatic imine (C=N–C) groups is 2. The minimum Gasteiger partial charge on any atom is -0.351 e. The molecule has 0 aromatic heterocycles. The lowest BCUT2D eigenvalue weighted by Crippen LogP contribution is -2.32. The maximum atomic E-state index is 12.5. The zero-order valence-corrected chi connectivity index (χ0v) is 33.2. The molecule has 50 heavy (non-hydrogen) atoms. The summed E-state index contributed by atoms with van der Waals surface area (Å²) in [6.07, 6.45) is 34.5. The van der Waals surface area contributed by atoms with Gasteiger partial charge in [-0.25, -0.2) is 9.98 Å². The Kier molecular flexibility index (Phi) is 34.7. The van der Waals surface area contributed by atoms with Crippen molar-refractivity contribution < 1.29 is 19.2 Å². The van der Waals surface area contributed by atoms with E-state index in [0.29, 0.717) is 37.1 Å². The van der Waals surface area contributed by atoms with E-state index in [4.69, 9.17) is 0 Å². The third kappa shape index (κ3) is 35.4. The Bertz CT molecular complexity index is 857. The Morgan fingerprint density at radius 3 is 0.840 bits per heavy atom. The second kappa shape index (κ2) is 36.4. The predicted molar refractivity (Wildman–Crippen MR) is 212 cm³/mol. The number of amides is 4. The molecule has 4 amide bonds. The first-order valence-electron chi connectivity index (χ1n) is 21.0. The minimum absolute atomic E-state index is 0.0395. The van der Waals surface area contributed by atoms with Crippen molar-refractivity contribution in [2.75, 3.05) is 13.1 Å². The highest BCUT2D eigenvalue weighted by Crippen LogP contribution is 2.14. The summed E-state index contributed by atoms with van der Waals surface area (Å²) in [5, 5.41) is 5.81. The molecule has 0 saturated heterocycles. The molecule has 2 N–H and O–H groups in total. The number of hydrogen-bond acceptors (Lipinski definition) is 4. The van der Waals surface area contributed by atoms with Crippen molar-refractivity contribution in [1.29, 1.82) is 0 Å². The number of carbonyl (C=O) groups is 4. The first-order chi connectivity index (χ1) is 24.3. The van der Waals surface area contributed by atoms with Gasteiger partial charge in [-0.05, 0) is 25.7 Å². The maximum absolute atomic E-state index is 12.5. The lowest BCUT2D eigenvalue weighted by molar-refractivity contribution is -0.121. The van der Waals surface area contributed by atoms with Crippen LogP contribution in [0, 0.1) is 0 Å². The molecule has 0 heterocycles. The summed E-state index contributed by atoms with van der Waals surface area (Å²) in [4.78, 5) is 56.7. The molecule has 0 fully saturated rings. The van der Waals surface area contributed by atoms with E-state index < -0.39 is 0 Å². The Morgan fingerprint density at radius 1 is 0.360 bits per heavy atom. The summed E-state index contributed by atoms with van der Waals surface area (Å²) in [6.45, 7) is 7.67. The van der Waals surface area contributed by atoms with Crippen LogP contribution in [0.5, 0.6) is 0 Å². The predicted octanol–water partition coefficient (Wildman–Crippen LogP) is 10.9. The maximum Gasteiger partial charge on any atom is 0.242 e. The van der Waals surface area contributed by atoms with Crippen LogP contribution in [0.4, 0.5) is 0 Å². The first-order valence-corrected chi connectivity index (χ1v) is 21.0. The lowest BCUT2D eigenvalue weighted by Gasteiger charge is -2.11. The molecule has 0 spiro atoms. The molecular formula is C42H78N4O4. The summed E-state index contributed by atoms with van der Waals surface area (Å²) in [5.41, 5.74) is 1.09. The number of hydrogen-bond donors (Lipinski definition) is 2. The summed E-state index contributed by atoms with van der Waals surface area (Å²) >= 11 is 0. The van der Waals surface area contributed by atoms with Gasteiger partial charge in [-0.2, -0.15) is 0 Å². The molecule has 0 aromatic carbocycles. The molecule has 0 aliphatic carbocycles. The second-order valence-corrected chi connectivity index (χ2v) is 14.4. The van der Waals surface area contributed by atoms with Gasteiger partial charge in [0.05, 0.1) is 13.1 Å². The molecule has 0 aliphatic heterocycles. The van der Waals surface area contributed by atoms with Crippen LogP contribution in [-0.2, 0) is 19.2 Å². The Morgan fingerprint density at radius 2 is 0.600 bits per heavy atom. The van der Waals surface area contributed by atoms with Crippen LogP contribution in [0.3, 0.4) is 0 Å². The molecular weight excluding hydrogens is 624 g/mol. The summed E-state index contributed by atoms with van der Waals surface area (Å²) in [7, 11) is 0. The molecule has 0 aromatic rings. The van der Waals surface area contributed by atoms with Gasteiger partial charge in [0.1, 0.15) is 0 Å². The van der Waals surface area contributed by atoms with Crippen LogP contribution in [0.2, 0.25) is 0 Å². The van der Waals surface area contributed by atoms with Crippen LogP contribution < -0.4 is 10.6 Å². The SMILES string of the molecule is CCCCCCCCCCCCCCCC(=O)NCC(CCC(CNC(=O)CCCCCCCCCCCCCCC)=NC(C)=O)=NC(C)=O. The minimum atomic E-state index is -0.332. The van der Waals surface area contributed by atoms with E-state index in [1.165, 1.54) is 142 Å². The molecule has 0 aliphatic rings.